The van der Waals surface area contributed by atoms with Crippen molar-refractivity contribution in [1.29, 1.82) is 0 Å². The average Bonchev–Trinajstić information content (AvgIpc) is 2.89. The highest BCUT2D eigenvalue weighted by molar-refractivity contribution is 7.16. The monoisotopic (exact) mass is 322 g/mol. The van der Waals surface area contributed by atoms with Gasteiger partial charge in [0.15, 0.2) is 5.13 Å². The van der Waals surface area contributed by atoms with Crippen molar-refractivity contribution in [3.05, 3.63) is 70.1 Å². The molecule has 1 aromatic heterocycles. The Balaban J connectivity index is 1.82. The van der Waals surface area contributed by atoms with Crippen LogP contribution in [0.1, 0.15) is 26.4 Å². The van der Waals surface area contributed by atoms with Crippen LogP contribution in [-0.2, 0) is 0 Å². The van der Waals surface area contributed by atoms with E-state index in [1.54, 1.807) is 0 Å². The first kappa shape index (κ1) is 15.4. The Hall–Kier alpha value is -2.46. The van der Waals surface area contributed by atoms with Crippen LogP contribution < -0.4 is 5.32 Å². The van der Waals surface area contributed by atoms with Gasteiger partial charge in [-0.05, 0) is 32.9 Å². The summed E-state index contributed by atoms with van der Waals surface area (Å²) in [6, 6.07) is 15.8. The van der Waals surface area contributed by atoms with Crippen molar-refractivity contribution in [1.82, 2.24) is 4.98 Å². The van der Waals surface area contributed by atoms with E-state index in [-0.39, 0.29) is 5.91 Å². The number of nitrogens with one attached hydrogen (secondary N) is 1. The normalized spacial score (nSPS) is 10.6. The zero-order valence-electron chi connectivity index (χ0n) is 13.4. The van der Waals surface area contributed by atoms with Gasteiger partial charge in [-0.25, -0.2) is 4.98 Å². The number of hydrogen-bond donors (Lipinski definition) is 1. The first-order valence-corrected chi connectivity index (χ1v) is 8.27. The third kappa shape index (κ3) is 3.48. The lowest BCUT2D eigenvalue weighted by molar-refractivity contribution is 0.102. The number of anilines is 1. The molecule has 4 heteroatoms. The lowest BCUT2D eigenvalue weighted by Crippen LogP contribution is -2.11. The molecule has 3 rings (SSSR count). The van der Waals surface area contributed by atoms with Crippen LogP contribution in [0.2, 0.25) is 0 Å². The molecular formula is C19H18N2OS. The van der Waals surface area contributed by atoms with E-state index in [1.165, 1.54) is 16.9 Å². The minimum Gasteiger partial charge on any atom is -0.298 e. The van der Waals surface area contributed by atoms with Crippen molar-refractivity contribution < 1.29 is 4.79 Å². The van der Waals surface area contributed by atoms with Crippen LogP contribution in [0.5, 0.6) is 0 Å². The van der Waals surface area contributed by atoms with Gasteiger partial charge in [0.1, 0.15) is 0 Å². The molecular weight excluding hydrogens is 304 g/mol. The predicted octanol–water partition coefficient (Wildman–Crippen LogP) is 4.99. The molecule has 0 saturated carbocycles. The third-order valence-corrected chi connectivity index (χ3v) is 4.54. The number of benzene rings is 2. The van der Waals surface area contributed by atoms with Gasteiger partial charge in [0.2, 0.25) is 0 Å². The molecule has 23 heavy (non-hydrogen) atoms. The number of rotatable bonds is 3. The summed E-state index contributed by atoms with van der Waals surface area (Å²) < 4.78 is 0. The van der Waals surface area contributed by atoms with Crippen molar-refractivity contribution in [2.45, 2.75) is 20.8 Å². The second-order valence-corrected chi connectivity index (χ2v) is 6.81. The predicted molar refractivity (Wildman–Crippen MR) is 96.2 cm³/mol. The molecule has 0 aliphatic heterocycles. The van der Waals surface area contributed by atoms with Gasteiger partial charge in [0.05, 0.1) is 5.69 Å². The number of thiazole rings is 1. The Kier molecular flexibility index (Phi) is 4.26. The van der Waals surface area contributed by atoms with Crippen LogP contribution >= 0.6 is 11.3 Å². The summed E-state index contributed by atoms with van der Waals surface area (Å²) in [5.74, 6) is -0.130. The topological polar surface area (TPSA) is 42.0 Å². The van der Waals surface area contributed by atoms with Gasteiger partial charge in [-0.2, -0.15) is 0 Å². The zero-order chi connectivity index (χ0) is 16.4. The van der Waals surface area contributed by atoms with E-state index >= 15 is 0 Å². The Labute approximate surface area is 140 Å². The van der Waals surface area contributed by atoms with Gasteiger partial charge < -0.3 is 0 Å². The Morgan fingerprint density at radius 1 is 0.913 bits per heavy atom. The van der Waals surface area contributed by atoms with Crippen LogP contribution in [0.25, 0.3) is 11.3 Å². The fourth-order valence-electron chi connectivity index (χ4n) is 2.30. The number of hydrogen-bond acceptors (Lipinski definition) is 3. The van der Waals surface area contributed by atoms with Gasteiger partial charge in [0, 0.05) is 16.0 Å². The van der Waals surface area contributed by atoms with Gasteiger partial charge in [0.25, 0.3) is 5.91 Å². The lowest BCUT2D eigenvalue weighted by Gasteiger charge is -2.02. The third-order valence-electron chi connectivity index (χ3n) is 3.66. The molecule has 116 valence electrons. The molecule has 0 aliphatic carbocycles. The van der Waals surface area contributed by atoms with Crippen LogP contribution in [0.4, 0.5) is 5.13 Å². The van der Waals surface area contributed by atoms with Gasteiger partial charge in [-0.15, -0.1) is 11.3 Å². The SMILES string of the molecule is Cc1ccc(C(=O)Nc2nc(-c3ccc(C)cc3)c(C)s2)cc1. The second kappa shape index (κ2) is 6.34. The average molecular weight is 322 g/mol. The Morgan fingerprint density at radius 3 is 2.09 bits per heavy atom. The van der Waals surface area contributed by atoms with Gasteiger partial charge in [-0.3, -0.25) is 10.1 Å². The van der Waals surface area contributed by atoms with E-state index < -0.39 is 0 Å². The van der Waals surface area contributed by atoms with Crippen LogP contribution in [0, 0.1) is 20.8 Å². The maximum absolute atomic E-state index is 12.3. The van der Waals surface area contributed by atoms with Crippen molar-refractivity contribution in [2.75, 3.05) is 5.32 Å². The summed E-state index contributed by atoms with van der Waals surface area (Å²) in [4.78, 5) is 18.0. The molecule has 1 N–H and O–H groups in total. The fraction of sp³-hybridized carbons (Fsp3) is 0.158. The van der Waals surface area contributed by atoms with Gasteiger partial charge in [-0.1, -0.05) is 47.5 Å². The Morgan fingerprint density at radius 2 is 1.48 bits per heavy atom. The van der Waals surface area contributed by atoms with Crippen LogP contribution in [-0.4, -0.2) is 10.9 Å². The molecule has 1 amide bonds. The number of amides is 1. The summed E-state index contributed by atoms with van der Waals surface area (Å²) in [7, 11) is 0. The molecule has 0 unspecified atom stereocenters. The highest BCUT2D eigenvalue weighted by atomic mass is 32.1. The summed E-state index contributed by atoms with van der Waals surface area (Å²) in [5.41, 5.74) is 4.98. The minimum absolute atomic E-state index is 0.130. The molecule has 3 aromatic rings. The Bertz CT molecular complexity index is 833. The number of aryl methyl sites for hydroxylation is 3. The number of carbonyl (C=O) groups excluding carboxylic acids is 1. The first-order chi connectivity index (χ1) is 11.0. The number of nitrogens with zero attached hydrogens (tertiary/aromatic N) is 1. The van der Waals surface area contributed by atoms with E-state index in [0.717, 1.165) is 21.7 Å². The lowest BCUT2D eigenvalue weighted by atomic mass is 10.1. The van der Waals surface area contributed by atoms with E-state index in [9.17, 15) is 4.79 Å². The highest BCUT2D eigenvalue weighted by Crippen LogP contribution is 2.30. The van der Waals surface area contributed by atoms with E-state index in [0.29, 0.717) is 10.7 Å². The summed E-state index contributed by atoms with van der Waals surface area (Å²) in [6.45, 7) is 6.08. The maximum Gasteiger partial charge on any atom is 0.257 e. The van der Waals surface area contributed by atoms with Gasteiger partial charge >= 0.3 is 0 Å². The second-order valence-electron chi connectivity index (χ2n) is 5.61. The largest absolute Gasteiger partial charge is 0.298 e. The quantitative estimate of drug-likeness (QED) is 0.738. The maximum atomic E-state index is 12.3. The molecule has 0 atom stereocenters. The fourth-order valence-corrected chi connectivity index (χ4v) is 3.13. The highest BCUT2D eigenvalue weighted by Gasteiger charge is 2.13. The molecule has 0 fully saturated rings. The smallest absolute Gasteiger partial charge is 0.257 e. The molecule has 0 saturated heterocycles. The zero-order valence-corrected chi connectivity index (χ0v) is 14.2. The van der Waals surface area contributed by atoms with Crippen molar-refractivity contribution >= 4 is 22.4 Å². The van der Waals surface area contributed by atoms with Crippen molar-refractivity contribution in [2.24, 2.45) is 0 Å². The van der Waals surface area contributed by atoms with Crippen LogP contribution in [0.3, 0.4) is 0 Å². The van der Waals surface area contributed by atoms with E-state index in [2.05, 4.69) is 41.5 Å². The molecule has 0 bridgehead atoms. The molecule has 2 aromatic carbocycles. The molecule has 0 aliphatic rings. The summed E-state index contributed by atoms with van der Waals surface area (Å²) in [6.07, 6.45) is 0. The van der Waals surface area contributed by atoms with E-state index in [1.807, 2.05) is 38.1 Å². The molecule has 1 heterocycles. The molecule has 0 spiro atoms. The number of carbonyl (C=O) groups is 1. The molecule has 0 radical (unpaired) electrons. The summed E-state index contributed by atoms with van der Waals surface area (Å²) >= 11 is 1.50. The minimum atomic E-state index is -0.130. The first-order valence-electron chi connectivity index (χ1n) is 7.45. The standard InChI is InChI=1S/C19H18N2OS/c1-12-4-8-15(9-5-12)17-14(3)23-19(20-17)21-18(22)16-10-6-13(2)7-11-16/h4-11H,1-3H3,(H,20,21,22). The van der Waals surface area contributed by atoms with Crippen molar-refractivity contribution in [3.63, 3.8) is 0 Å². The van der Waals surface area contributed by atoms with Crippen LogP contribution in [0.15, 0.2) is 48.5 Å². The molecule has 3 nitrogen and oxygen atoms in total. The van der Waals surface area contributed by atoms with E-state index in [4.69, 9.17) is 0 Å². The summed E-state index contributed by atoms with van der Waals surface area (Å²) in [5, 5.41) is 3.52. The number of aromatic nitrogens is 1. The van der Waals surface area contributed by atoms with Crippen molar-refractivity contribution in [3.8, 4) is 11.3 Å².